The van der Waals surface area contributed by atoms with Crippen molar-refractivity contribution in [2.24, 2.45) is 11.3 Å². The average molecular weight is 274 g/mol. The second-order valence-electron chi connectivity index (χ2n) is 5.68. The minimum absolute atomic E-state index is 0.0378. The van der Waals surface area contributed by atoms with Crippen LogP contribution < -0.4 is 4.74 Å². The van der Waals surface area contributed by atoms with E-state index in [1.54, 1.807) is 6.07 Å². The van der Waals surface area contributed by atoms with Gasteiger partial charge in [-0.1, -0.05) is 13.0 Å². The van der Waals surface area contributed by atoms with Crippen LogP contribution in [-0.4, -0.2) is 12.0 Å². The Balaban J connectivity index is 2.28. The quantitative estimate of drug-likeness (QED) is 0.622. The molecule has 1 fully saturated rings. The highest BCUT2D eigenvalue weighted by atomic mass is 16.6. The predicted molar refractivity (Wildman–Crippen MR) is 74.4 cm³/mol. The van der Waals surface area contributed by atoms with Crippen molar-refractivity contribution in [1.29, 1.82) is 5.26 Å². The van der Waals surface area contributed by atoms with E-state index in [-0.39, 0.29) is 16.9 Å². The third-order valence-corrected chi connectivity index (χ3v) is 4.07. The summed E-state index contributed by atoms with van der Waals surface area (Å²) >= 11 is 0. The zero-order chi connectivity index (χ0) is 14.8. The summed E-state index contributed by atoms with van der Waals surface area (Å²) < 4.78 is 4.99. The number of rotatable bonds is 4. The summed E-state index contributed by atoms with van der Waals surface area (Å²) in [7, 11) is 1.41. The Bertz CT molecular complexity index is 565. The predicted octanol–water partition coefficient (Wildman–Crippen LogP) is 3.48. The van der Waals surface area contributed by atoms with Gasteiger partial charge in [0.2, 0.25) is 0 Å². The van der Waals surface area contributed by atoms with Crippen molar-refractivity contribution >= 4 is 5.69 Å². The lowest BCUT2D eigenvalue weighted by Gasteiger charge is -2.20. The van der Waals surface area contributed by atoms with E-state index in [0.29, 0.717) is 12.3 Å². The van der Waals surface area contributed by atoms with Gasteiger partial charge in [0, 0.05) is 6.07 Å². The number of nitro groups is 1. The summed E-state index contributed by atoms with van der Waals surface area (Å²) in [4.78, 5) is 10.6. The number of nitro benzene ring substituents is 1. The first-order valence-corrected chi connectivity index (χ1v) is 6.72. The van der Waals surface area contributed by atoms with E-state index in [0.717, 1.165) is 24.8 Å². The fourth-order valence-corrected chi connectivity index (χ4v) is 3.07. The number of hydrogen-bond acceptors (Lipinski definition) is 4. The molecule has 5 nitrogen and oxygen atoms in total. The van der Waals surface area contributed by atoms with Crippen molar-refractivity contribution < 1.29 is 9.66 Å². The van der Waals surface area contributed by atoms with Crippen molar-refractivity contribution in [2.45, 2.75) is 32.6 Å². The lowest BCUT2D eigenvalue weighted by molar-refractivity contribution is -0.385. The fourth-order valence-electron chi connectivity index (χ4n) is 3.07. The maximum Gasteiger partial charge on any atom is 0.311 e. The molecule has 0 N–H and O–H groups in total. The maximum atomic E-state index is 11.0. The van der Waals surface area contributed by atoms with Gasteiger partial charge in [-0.15, -0.1) is 0 Å². The molecule has 1 saturated carbocycles. The van der Waals surface area contributed by atoms with Crippen LogP contribution in [0.1, 0.15) is 31.7 Å². The Labute approximate surface area is 118 Å². The number of benzene rings is 1. The number of nitrogens with zero attached hydrogens (tertiary/aromatic N) is 2. The van der Waals surface area contributed by atoms with Crippen molar-refractivity contribution in [3.05, 3.63) is 33.9 Å². The van der Waals surface area contributed by atoms with E-state index in [4.69, 9.17) is 4.74 Å². The molecule has 0 radical (unpaired) electrons. The summed E-state index contributed by atoms with van der Waals surface area (Å²) in [5.41, 5.74) is 0.416. The molecular formula is C15H18N2O3. The van der Waals surface area contributed by atoms with E-state index in [2.05, 4.69) is 13.0 Å². The van der Waals surface area contributed by atoms with Crippen LogP contribution in [0.15, 0.2) is 18.2 Å². The van der Waals surface area contributed by atoms with Crippen molar-refractivity contribution in [3.63, 3.8) is 0 Å². The fraction of sp³-hybridized carbons (Fsp3) is 0.533. The number of nitriles is 1. The molecule has 20 heavy (non-hydrogen) atoms. The molecule has 2 rings (SSSR count). The van der Waals surface area contributed by atoms with E-state index < -0.39 is 4.92 Å². The molecule has 2 unspecified atom stereocenters. The molecule has 5 heteroatoms. The van der Waals surface area contributed by atoms with Gasteiger partial charge >= 0.3 is 5.69 Å². The van der Waals surface area contributed by atoms with Crippen LogP contribution in [0.25, 0.3) is 0 Å². The van der Waals surface area contributed by atoms with Crippen LogP contribution in [0, 0.1) is 32.8 Å². The van der Waals surface area contributed by atoms with Gasteiger partial charge in [-0.2, -0.15) is 5.26 Å². The molecule has 1 aliphatic carbocycles. The van der Waals surface area contributed by atoms with Gasteiger partial charge in [0.1, 0.15) is 0 Å². The van der Waals surface area contributed by atoms with Crippen molar-refractivity contribution in [2.75, 3.05) is 7.11 Å². The molecular weight excluding hydrogens is 256 g/mol. The maximum absolute atomic E-state index is 11.0. The zero-order valence-corrected chi connectivity index (χ0v) is 11.8. The van der Waals surface area contributed by atoms with Gasteiger partial charge in [0.05, 0.1) is 23.5 Å². The molecule has 0 spiro atoms. The van der Waals surface area contributed by atoms with Crippen LogP contribution in [0.3, 0.4) is 0 Å². The highest BCUT2D eigenvalue weighted by Gasteiger charge is 2.38. The molecule has 0 bridgehead atoms. The monoisotopic (exact) mass is 274 g/mol. The number of ether oxygens (including phenoxy) is 1. The first kappa shape index (κ1) is 14.3. The average Bonchev–Trinajstić information content (AvgIpc) is 2.80. The minimum Gasteiger partial charge on any atom is -0.490 e. The van der Waals surface area contributed by atoms with Gasteiger partial charge in [0.25, 0.3) is 0 Å². The topological polar surface area (TPSA) is 76.2 Å². The second-order valence-corrected chi connectivity index (χ2v) is 5.68. The smallest absolute Gasteiger partial charge is 0.311 e. The minimum atomic E-state index is -0.446. The molecule has 1 aromatic rings. The van der Waals surface area contributed by atoms with Crippen LogP contribution in [-0.2, 0) is 6.42 Å². The Morgan fingerprint density at radius 3 is 2.85 bits per heavy atom. The van der Waals surface area contributed by atoms with Crippen LogP contribution in [0.4, 0.5) is 5.69 Å². The summed E-state index contributed by atoms with van der Waals surface area (Å²) in [6.45, 7) is 2.15. The number of methoxy groups -OCH3 is 1. The van der Waals surface area contributed by atoms with Crippen LogP contribution in [0.2, 0.25) is 0 Å². The normalized spacial score (nSPS) is 25.1. The first-order valence-electron chi connectivity index (χ1n) is 6.72. The van der Waals surface area contributed by atoms with E-state index in [9.17, 15) is 15.4 Å². The molecule has 0 aromatic heterocycles. The molecule has 2 atom stereocenters. The SMILES string of the molecule is COc1ccc(CC2(C#N)CCC(C)C2)cc1[N+](=O)[O-]. The van der Waals surface area contributed by atoms with Crippen LogP contribution >= 0.6 is 0 Å². The summed E-state index contributed by atoms with van der Waals surface area (Å²) in [5, 5.41) is 20.5. The highest BCUT2D eigenvalue weighted by molar-refractivity contribution is 5.49. The summed E-state index contributed by atoms with van der Waals surface area (Å²) in [6.07, 6.45) is 3.35. The lowest BCUT2D eigenvalue weighted by Crippen LogP contribution is -2.17. The standard InChI is InChI=1S/C15H18N2O3/c1-11-5-6-15(8-11,10-16)9-12-3-4-14(20-2)13(7-12)17(18)19/h3-4,7,11H,5-6,8-9H2,1-2H3. The zero-order valence-electron chi connectivity index (χ0n) is 11.8. The first-order chi connectivity index (χ1) is 9.49. The summed E-state index contributed by atoms with van der Waals surface area (Å²) in [6, 6.07) is 7.38. The molecule has 0 amide bonds. The Morgan fingerprint density at radius 2 is 2.35 bits per heavy atom. The second kappa shape index (κ2) is 5.49. The largest absolute Gasteiger partial charge is 0.490 e. The Kier molecular flexibility index (Phi) is 3.93. The molecule has 0 saturated heterocycles. The van der Waals surface area contributed by atoms with E-state index in [1.165, 1.54) is 13.2 Å². The molecule has 0 heterocycles. The van der Waals surface area contributed by atoms with Crippen molar-refractivity contribution in [1.82, 2.24) is 0 Å². The lowest BCUT2D eigenvalue weighted by atomic mass is 9.81. The van der Waals surface area contributed by atoms with Gasteiger partial charge < -0.3 is 4.74 Å². The van der Waals surface area contributed by atoms with Crippen molar-refractivity contribution in [3.8, 4) is 11.8 Å². The van der Waals surface area contributed by atoms with Crippen LogP contribution in [0.5, 0.6) is 5.75 Å². The van der Waals surface area contributed by atoms with E-state index >= 15 is 0 Å². The number of hydrogen-bond donors (Lipinski definition) is 0. The molecule has 106 valence electrons. The van der Waals surface area contributed by atoms with Gasteiger partial charge in [-0.05, 0) is 43.2 Å². The van der Waals surface area contributed by atoms with Gasteiger partial charge in [-0.3, -0.25) is 10.1 Å². The highest BCUT2D eigenvalue weighted by Crippen LogP contribution is 2.44. The summed E-state index contributed by atoms with van der Waals surface area (Å²) in [5.74, 6) is 0.799. The Morgan fingerprint density at radius 1 is 1.60 bits per heavy atom. The third kappa shape index (κ3) is 2.74. The van der Waals surface area contributed by atoms with E-state index in [1.807, 2.05) is 6.07 Å². The third-order valence-electron chi connectivity index (χ3n) is 4.07. The molecule has 0 aliphatic heterocycles. The van der Waals surface area contributed by atoms with Gasteiger partial charge in [-0.25, -0.2) is 0 Å². The molecule has 1 aliphatic rings. The van der Waals surface area contributed by atoms with Gasteiger partial charge in [0.15, 0.2) is 5.75 Å². The molecule has 1 aromatic carbocycles. The Hall–Kier alpha value is -2.09.